The lowest BCUT2D eigenvalue weighted by atomic mass is 10.1. The van der Waals surface area contributed by atoms with Crippen LogP contribution >= 0.6 is 0 Å². The zero-order chi connectivity index (χ0) is 14.4. The Labute approximate surface area is 122 Å². The molecule has 0 aliphatic carbocycles. The summed E-state index contributed by atoms with van der Waals surface area (Å²) in [5, 5.41) is 7.04. The van der Waals surface area contributed by atoms with Crippen LogP contribution in [0.4, 0.5) is 5.69 Å². The highest BCUT2D eigenvalue weighted by Crippen LogP contribution is 2.17. The normalized spacial score (nSPS) is 12.2. The highest BCUT2D eigenvalue weighted by molar-refractivity contribution is 5.53. The summed E-state index contributed by atoms with van der Waals surface area (Å²) in [6.07, 6.45) is 0. The van der Waals surface area contributed by atoms with E-state index >= 15 is 0 Å². The number of rotatable bonds is 6. The Morgan fingerprint density at radius 3 is 2.40 bits per heavy atom. The molecule has 0 heterocycles. The van der Waals surface area contributed by atoms with E-state index in [4.69, 9.17) is 0 Å². The van der Waals surface area contributed by atoms with Gasteiger partial charge in [0.1, 0.15) is 0 Å². The smallest absolute Gasteiger partial charge is 0.0372 e. The molecular weight excluding hydrogens is 244 g/mol. The van der Waals surface area contributed by atoms with Gasteiger partial charge in [0.25, 0.3) is 0 Å². The molecule has 0 saturated carbocycles. The van der Waals surface area contributed by atoms with Crippen LogP contribution in [-0.2, 0) is 0 Å². The van der Waals surface area contributed by atoms with Crippen LogP contribution in [0.2, 0.25) is 0 Å². The number of benzene rings is 2. The predicted octanol–water partition coefficient (Wildman–Crippen LogP) is 4.07. The lowest BCUT2D eigenvalue weighted by Crippen LogP contribution is -2.25. The Hall–Kier alpha value is -1.80. The van der Waals surface area contributed by atoms with Gasteiger partial charge in [0, 0.05) is 24.8 Å². The lowest BCUT2D eigenvalue weighted by molar-refractivity contribution is 0.588. The summed E-state index contributed by atoms with van der Waals surface area (Å²) in [6, 6.07) is 17.3. The van der Waals surface area contributed by atoms with Gasteiger partial charge in [-0.3, -0.25) is 0 Å². The molecule has 0 spiro atoms. The fourth-order valence-corrected chi connectivity index (χ4v) is 2.29. The first-order valence-electron chi connectivity index (χ1n) is 7.27. The number of aryl methyl sites for hydroxylation is 1. The summed E-state index contributed by atoms with van der Waals surface area (Å²) >= 11 is 0. The highest BCUT2D eigenvalue weighted by Gasteiger charge is 2.03. The first kappa shape index (κ1) is 14.6. The molecule has 0 radical (unpaired) electrons. The number of hydrogen-bond acceptors (Lipinski definition) is 2. The molecule has 0 bridgehead atoms. The van der Waals surface area contributed by atoms with Crippen molar-refractivity contribution in [3.05, 3.63) is 65.2 Å². The molecule has 2 heteroatoms. The maximum atomic E-state index is 3.54. The molecule has 20 heavy (non-hydrogen) atoms. The van der Waals surface area contributed by atoms with Gasteiger partial charge in [-0.05, 0) is 43.5 Å². The summed E-state index contributed by atoms with van der Waals surface area (Å²) in [4.78, 5) is 0. The molecule has 0 saturated heterocycles. The van der Waals surface area contributed by atoms with Crippen LogP contribution in [0.5, 0.6) is 0 Å². The molecule has 0 aliphatic heterocycles. The summed E-state index contributed by atoms with van der Waals surface area (Å²) in [7, 11) is 0. The Morgan fingerprint density at radius 2 is 1.65 bits per heavy atom. The van der Waals surface area contributed by atoms with E-state index in [1.165, 1.54) is 22.4 Å². The maximum Gasteiger partial charge on any atom is 0.0372 e. The minimum absolute atomic E-state index is 0.386. The minimum Gasteiger partial charge on any atom is -0.384 e. The van der Waals surface area contributed by atoms with Gasteiger partial charge < -0.3 is 10.6 Å². The van der Waals surface area contributed by atoms with Gasteiger partial charge in [0.2, 0.25) is 0 Å². The van der Waals surface area contributed by atoms with Crippen molar-refractivity contribution >= 4 is 5.69 Å². The van der Waals surface area contributed by atoms with E-state index in [9.17, 15) is 0 Å². The summed E-state index contributed by atoms with van der Waals surface area (Å²) in [5.74, 6) is 0. The van der Waals surface area contributed by atoms with Crippen LogP contribution in [0.3, 0.4) is 0 Å². The third-order valence-corrected chi connectivity index (χ3v) is 3.80. The average molecular weight is 268 g/mol. The van der Waals surface area contributed by atoms with Crippen LogP contribution in [-0.4, -0.2) is 13.1 Å². The van der Waals surface area contributed by atoms with Gasteiger partial charge in [0.05, 0.1) is 0 Å². The topological polar surface area (TPSA) is 24.1 Å². The van der Waals surface area contributed by atoms with Crippen molar-refractivity contribution in [1.29, 1.82) is 0 Å². The van der Waals surface area contributed by atoms with E-state index in [0.717, 1.165) is 13.1 Å². The van der Waals surface area contributed by atoms with Crippen molar-refractivity contribution < 1.29 is 0 Å². The number of hydrogen-bond donors (Lipinski definition) is 2. The molecule has 0 amide bonds. The Morgan fingerprint density at radius 1 is 0.900 bits per heavy atom. The summed E-state index contributed by atoms with van der Waals surface area (Å²) in [5.41, 5.74) is 5.24. The Balaban J connectivity index is 1.78. The zero-order valence-corrected chi connectivity index (χ0v) is 12.6. The second-order valence-corrected chi connectivity index (χ2v) is 5.26. The van der Waals surface area contributed by atoms with E-state index in [2.05, 4.69) is 79.9 Å². The van der Waals surface area contributed by atoms with Crippen LogP contribution in [0.25, 0.3) is 0 Å². The van der Waals surface area contributed by atoms with Crippen LogP contribution in [0, 0.1) is 13.8 Å². The van der Waals surface area contributed by atoms with Gasteiger partial charge in [-0.2, -0.15) is 0 Å². The zero-order valence-electron chi connectivity index (χ0n) is 12.6. The van der Waals surface area contributed by atoms with Crippen molar-refractivity contribution in [2.45, 2.75) is 26.8 Å². The maximum absolute atomic E-state index is 3.54. The van der Waals surface area contributed by atoms with Crippen molar-refractivity contribution in [1.82, 2.24) is 5.32 Å². The van der Waals surface area contributed by atoms with Crippen molar-refractivity contribution in [3.63, 3.8) is 0 Å². The fourth-order valence-electron chi connectivity index (χ4n) is 2.29. The van der Waals surface area contributed by atoms with Crippen molar-refractivity contribution in [3.8, 4) is 0 Å². The molecule has 0 aromatic heterocycles. The van der Waals surface area contributed by atoms with E-state index < -0.39 is 0 Å². The molecule has 2 nitrogen and oxygen atoms in total. The molecule has 2 aromatic carbocycles. The molecule has 0 fully saturated rings. The van der Waals surface area contributed by atoms with Gasteiger partial charge in [-0.25, -0.2) is 0 Å². The third kappa shape index (κ3) is 3.84. The van der Waals surface area contributed by atoms with Crippen molar-refractivity contribution in [2.75, 3.05) is 18.4 Å². The van der Waals surface area contributed by atoms with E-state index in [-0.39, 0.29) is 0 Å². The standard InChI is InChI=1S/C18H24N2/c1-14-8-7-11-18(15(14)2)20-13-12-19-16(3)17-9-5-4-6-10-17/h4-11,16,19-20H,12-13H2,1-3H3. The Bertz CT molecular complexity index is 534. The van der Waals surface area contributed by atoms with Crippen LogP contribution in [0.15, 0.2) is 48.5 Å². The minimum atomic E-state index is 0.386. The van der Waals surface area contributed by atoms with E-state index in [0.29, 0.717) is 6.04 Å². The lowest BCUT2D eigenvalue weighted by Gasteiger charge is -2.16. The average Bonchev–Trinajstić information content (AvgIpc) is 2.48. The highest BCUT2D eigenvalue weighted by atomic mass is 15.0. The Kier molecular flexibility index (Phi) is 5.19. The molecule has 1 atom stereocenters. The first-order valence-corrected chi connectivity index (χ1v) is 7.27. The number of nitrogens with one attached hydrogen (secondary N) is 2. The summed E-state index contributed by atoms with van der Waals surface area (Å²) < 4.78 is 0. The molecule has 0 aliphatic rings. The monoisotopic (exact) mass is 268 g/mol. The SMILES string of the molecule is Cc1cccc(NCCNC(C)c2ccccc2)c1C. The largest absolute Gasteiger partial charge is 0.384 e. The molecule has 2 aromatic rings. The first-order chi connectivity index (χ1) is 9.68. The molecule has 1 unspecified atom stereocenters. The van der Waals surface area contributed by atoms with E-state index in [1.807, 2.05) is 0 Å². The molecule has 2 N–H and O–H groups in total. The molecule has 2 rings (SSSR count). The van der Waals surface area contributed by atoms with Gasteiger partial charge in [-0.1, -0.05) is 42.5 Å². The molecule has 106 valence electrons. The van der Waals surface area contributed by atoms with Crippen LogP contribution < -0.4 is 10.6 Å². The van der Waals surface area contributed by atoms with Crippen molar-refractivity contribution in [2.24, 2.45) is 0 Å². The number of anilines is 1. The second kappa shape index (κ2) is 7.11. The van der Waals surface area contributed by atoms with Gasteiger partial charge in [-0.15, -0.1) is 0 Å². The quantitative estimate of drug-likeness (QED) is 0.772. The van der Waals surface area contributed by atoms with Gasteiger partial charge in [0.15, 0.2) is 0 Å². The third-order valence-electron chi connectivity index (χ3n) is 3.80. The summed E-state index contributed by atoms with van der Waals surface area (Å²) in [6.45, 7) is 8.39. The van der Waals surface area contributed by atoms with Crippen LogP contribution in [0.1, 0.15) is 29.7 Å². The second-order valence-electron chi connectivity index (χ2n) is 5.26. The van der Waals surface area contributed by atoms with Gasteiger partial charge >= 0.3 is 0 Å². The van der Waals surface area contributed by atoms with E-state index in [1.54, 1.807) is 0 Å². The molecular formula is C18H24N2. The predicted molar refractivity (Wildman–Crippen MR) is 87.3 cm³/mol. The fraction of sp³-hybridized carbons (Fsp3) is 0.333.